The maximum atomic E-state index is 9.83. The maximum absolute atomic E-state index is 9.83. The van der Waals surface area contributed by atoms with Crippen LogP contribution in [-0.2, 0) is 6.54 Å². The highest BCUT2D eigenvalue weighted by atomic mass is 16.3. The Morgan fingerprint density at radius 1 is 1.50 bits per heavy atom. The molecule has 0 amide bonds. The first kappa shape index (κ1) is 13.3. The Labute approximate surface area is 109 Å². The monoisotopic (exact) mass is 249 g/mol. The van der Waals surface area contributed by atoms with Crippen LogP contribution in [0.2, 0.25) is 0 Å². The number of likely N-dealkylation sites (tertiary alicyclic amines) is 1. The van der Waals surface area contributed by atoms with Crippen molar-refractivity contribution < 1.29 is 5.11 Å². The normalized spacial score (nSPS) is 21.1. The molecular formula is C14H23N3O. The summed E-state index contributed by atoms with van der Waals surface area (Å²) >= 11 is 0. The molecule has 1 aliphatic rings. The lowest BCUT2D eigenvalue weighted by Crippen LogP contribution is -2.38. The molecule has 1 aliphatic heterocycles. The number of pyridine rings is 1. The minimum absolute atomic E-state index is 0.316. The van der Waals surface area contributed by atoms with Gasteiger partial charge in [0.25, 0.3) is 0 Å². The third-order valence-electron chi connectivity index (χ3n) is 3.56. The van der Waals surface area contributed by atoms with E-state index < -0.39 is 0 Å². The number of nitrogens with zero attached hydrogens (tertiary/aromatic N) is 2. The molecule has 1 saturated heterocycles. The molecule has 4 heteroatoms. The topological polar surface area (TPSA) is 48.4 Å². The number of aromatic hydroxyl groups is 1. The Balaban J connectivity index is 1.98. The molecule has 1 aromatic rings. The minimum atomic E-state index is 0.316. The molecule has 1 aromatic heterocycles. The third kappa shape index (κ3) is 3.43. The van der Waals surface area contributed by atoms with Crippen LogP contribution in [0.4, 0.5) is 0 Å². The standard InChI is InChI=1S/C14H23N3O/c1-11-5-6-14(18)13(16-11)10-17-7-3-4-12(9-17)8-15-2/h5-6,12,15,18H,3-4,7-10H2,1-2H3. The summed E-state index contributed by atoms with van der Waals surface area (Å²) in [7, 11) is 2.01. The van der Waals surface area contributed by atoms with Crippen LogP contribution >= 0.6 is 0 Å². The second-order valence-electron chi connectivity index (χ2n) is 5.22. The van der Waals surface area contributed by atoms with Gasteiger partial charge in [-0.25, -0.2) is 0 Å². The Morgan fingerprint density at radius 2 is 2.33 bits per heavy atom. The summed E-state index contributed by atoms with van der Waals surface area (Å²) in [6, 6.07) is 3.59. The maximum Gasteiger partial charge on any atom is 0.138 e. The van der Waals surface area contributed by atoms with E-state index in [1.54, 1.807) is 6.07 Å². The highest BCUT2D eigenvalue weighted by Crippen LogP contribution is 2.21. The Bertz CT molecular complexity index is 393. The van der Waals surface area contributed by atoms with Gasteiger partial charge >= 0.3 is 0 Å². The summed E-state index contributed by atoms with van der Waals surface area (Å²) in [5.74, 6) is 1.03. The van der Waals surface area contributed by atoms with Crippen LogP contribution in [0.1, 0.15) is 24.2 Å². The highest BCUT2D eigenvalue weighted by Gasteiger charge is 2.20. The first-order valence-corrected chi connectivity index (χ1v) is 6.71. The van der Waals surface area contributed by atoms with E-state index in [9.17, 15) is 5.11 Å². The lowest BCUT2D eigenvalue weighted by molar-refractivity contribution is 0.163. The first-order chi connectivity index (χ1) is 8.69. The molecule has 0 aromatic carbocycles. The van der Waals surface area contributed by atoms with E-state index in [1.807, 2.05) is 20.0 Å². The zero-order valence-electron chi connectivity index (χ0n) is 11.3. The zero-order chi connectivity index (χ0) is 13.0. The molecule has 1 atom stereocenters. The van der Waals surface area contributed by atoms with Crippen molar-refractivity contribution in [1.82, 2.24) is 15.2 Å². The molecule has 0 bridgehead atoms. The van der Waals surface area contributed by atoms with Gasteiger partial charge in [-0.3, -0.25) is 9.88 Å². The summed E-state index contributed by atoms with van der Waals surface area (Å²) in [6.07, 6.45) is 2.53. The van der Waals surface area contributed by atoms with Gasteiger partial charge in [0.05, 0.1) is 5.69 Å². The third-order valence-corrected chi connectivity index (χ3v) is 3.56. The van der Waals surface area contributed by atoms with Crippen LogP contribution in [0.15, 0.2) is 12.1 Å². The van der Waals surface area contributed by atoms with Gasteiger partial charge in [0.1, 0.15) is 5.75 Å². The van der Waals surface area contributed by atoms with E-state index in [-0.39, 0.29) is 0 Å². The summed E-state index contributed by atoms with van der Waals surface area (Å²) in [6.45, 7) is 5.99. The van der Waals surface area contributed by atoms with Gasteiger partial charge < -0.3 is 10.4 Å². The van der Waals surface area contributed by atoms with Crippen LogP contribution in [0, 0.1) is 12.8 Å². The van der Waals surface area contributed by atoms with Crippen molar-refractivity contribution in [2.24, 2.45) is 5.92 Å². The summed E-state index contributed by atoms with van der Waals surface area (Å²) in [5, 5.41) is 13.1. The van der Waals surface area contributed by atoms with Crippen molar-refractivity contribution in [2.45, 2.75) is 26.3 Å². The fourth-order valence-electron chi connectivity index (χ4n) is 2.68. The number of hydrogen-bond donors (Lipinski definition) is 2. The van der Waals surface area contributed by atoms with Crippen molar-refractivity contribution in [2.75, 3.05) is 26.7 Å². The lowest BCUT2D eigenvalue weighted by atomic mass is 9.98. The predicted octanol–water partition coefficient (Wildman–Crippen LogP) is 1.53. The number of aryl methyl sites for hydroxylation is 1. The fourth-order valence-corrected chi connectivity index (χ4v) is 2.68. The molecule has 0 spiro atoms. The van der Waals surface area contributed by atoms with E-state index in [4.69, 9.17) is 0 Å². The van der Waals surface area contributed by atoms with E-state index in [2.05, 4.69) is 15.2 Å². The van der Waals surface area contributed by atoms with E-state index in [0.717, 1.165) is 43.5 Å². The fraction of sp³-hybridized carbons (Fsp3) is 0.643. The quantitative estimate of drug-likeness (QED) is 0.849. The highest BCUT2D eigenvalue weighted by molar-refractivity contribution is 5.27. The van der Waals surface area contributed by atoms with Crippen LogP contribution < -0.4 is 5.32 Å². The molecular weight excluding hydrogens is 226 g/mol. The van der Waals surface area contributed by atoms with E-state index in [1.165, 1.54) is 12.8 Å². The molecule has 2 rings (SSSR count). The van der Waals surface area contributed by atoms with Gasteiger partial charge in [-0.2, -0.15) is 0 Å². The molecule has 4 nitrogen and oxygen atoms in total. The van der Waals surface area contributed by atoms with Crippen LogP contribution in [0.25, 0.3) is 0 Å². The predicted molar refractivity (Wildman–Crippen MR) is 72.6 cm³/mol. The van der Waals surface area contributed by atoms with Crippen molar-refractivity contribution in [1.29, 1.82) is 0 Å². The summed E-state index contributed by atoms with van der Waals surface area (Å²) in [4.78, 5) is 6.83. The molecule has 0 aliphatic carbocycles. The number of rotatable bonds is 4. The molecule has 1 unspecified atom stereocenters. The lowest BCUT2D eigenvalue weighted by Gasteiger charge is -2.32. The Hall–Kier alpha value is -1.13. The van der Waals surface area contributed by atoms with E-state index >= 15 is 0 Å². The number of hydrogen-bond acceptors (Lipinski definition) is 4. The van der Waals surface area contributed by atoms with Gasteiger partial charge in [-0.1, -0.05) is 0 Å². The van der Waals surface area contributed by atoms with Crippen LogP contribution in [0.3, 0.4) is 0 Å². The second kappa shape index (κ2) is 6.16. The molecule has 0 saturated carbocycles. The number of piperidine rings is 1. The smallest absolute Gasteiger partial charge is 0.138 e. The molecule has 2 heterocycles. The largest absolute Gasteiger partial charge is 0.506 e. The SMILES string of the molecule is CNCC1CCCN(Cc2nc(C)ccc2O)C1. The molecule has 1 fully saturated rings. The average Bonchev–Trinajstić information content (AvgIpc) is 2.35. The Kier molecular flexibility index (Phi) is 4.55. The van der Waals surface area contributed by atoms with Crippen molar-refractivity contribution in [3.8, 4) is 5.75 Å². The van der Waals surface area contributed by atoms with Crippen molar-refractivity contribution >= 4 is 0 Å². The van der Waals surface area contributed by atoms with Crippen molar-refractivity contribution in [3.05, 3.63) is 23.5 Å². The molecule has 18 heavy (non-hydrogen) atoms. The minimum Gasteiger partial charge on any atom is -0.506 e. The zero-order valence-corrected chi connectivity index (χ0v) is 11.3. The average molecular weight is 249 g/mol. The summed E-state index contributed by atoms with van der Waals surface area (Å²) < 4.78 is 0. The van der Waals surface area contributed by atoms with Crippen LogP contribution in [0.5, 0.6) is 5.75 Å². The summed E-state index contributed by atoms with van der Waals surface area (Å²) in [5.41, 5.74) is 1.77. The molecule has 0 radical (unpaired) electrons. The van der Waals surface area contributed by atoms with Gasteiger partial charge in [0, 0.05) is 18.8 Å². The second-order valence-corrected chi connectivity index (χ2v) is 5.22. The van der Waals surface area contributed by atoms with Gasteiger partial charge in [0.2, 0.25) is 0 Å². The molecule has 100 valence electrons. The molecule has 2 N–H and O–H groups in total. The van der Waals surface area contributed by atoms with Gasteiger partial charge in [-0.15, -0.1) is 0 Å². The number of nitrogens with one attached hydrogen (secondary N) is 1. The van der Waals surface area contributed by atoms with Crippen molar-refractivity contribution in [3.63, 3.8) is 0 Å². The Morgan fingerprint density at radius 3 is 3.11 bits per heavy atom. The first-order valence-electron chi connectivity index (χ1n) is 6.71. The van der Waals surface area contributed by atoms with Crippen LogP contribution in [-0.4, -0.2) is 41.7 Å². The van der Waals surface area contributed by atoms with Gasteiger partial charge in [0.15, 0.2) is 0 Å². The van der Waals surface area contributed by atoms with Gasteiger partial charge in [-0.05, 0) is 58.0 Å². The number of aromatic nitrogens is 1. The van der Waals surface area contributed by atoms with E-state index in [0.29, 0.717) is 5.75 Å².